The summed E-state index contributed by atoms with van der Waals surface area (Å²) in [6, 6.07) is 4.92. The van der Waals surface area contributed by atoms with E-state index in [1.165, 1.54) is 18.2 Å². The number of carbonyl (C=O) groups excluding carboxylic acids is 1. The molecule has 0 aliphatic carbocycles. The lowest BCUT2D eigenvalue weighted by molar-refractivity contribution is -0.274. The van der Waals surface area contributed by atoms with E-state index in [4.69, 9.17) is 0 Å². The highest BCUT2D eigenvalue weighted by Gasteiger charge is 2.31. The van der Waals surface area contributed by atoms with Gasteiger partial charge < -0.3 is 15.2 Å². The van der Waals surface area contributed by atoms with Crippen LogP contribution in [0.4, 0.5) is 13.2 Å². The second-order valence-corrected chi connectivity index (χ2v) is 5.42. The summed E-state index contributed by atoms with van der Waals surface area (Å²) in [7, 11) is 0. The summed E-state index contributed by atoms with van der Waals surface area (Å²) in [5, 5.41) is 12.3. The highest BCUT2D eigenvalue weighted by Crippen LogP contribution is 2.25. The van der Waals surface area contributed by atoms with Gasteiger partial charge in [0.05, 0.1) is 18.6 Å². The third-order valence-corrected chi connectivity index (χ3v) is 3.13. The standard InChI is InChI=1S/C15H20F3NO3/c1-9(2)13(20)8-14(21)19-10(3)11-5-4-6-12(7-11)22-15(16,17)18/h4-7,9-10,13,20H,8H2,1-3H3,(H,19,21)/t10-,13-/m0/s1. The van der Waals surface area contributed by atoms with E-state index in [0.717, 1.165) is 0 Å². The Morgan fingerprint density at radius 2 is 1.95 bits per heavy atom. The van der Waals surface area contributed by atoms with Crippen LogP contribution in [-0.4, -0.2) is 23.5 Å². The lowest BCUT2D eigenvalue weighted by Crippen LogP contribution is -2.31. The number of hydrogen-bond acceptors (Lipinski definition) is 3. The topological polar surface area (TPSA) is 58.6 Å². The first-order chi connectivity index (χ1) is 10.1. The number of benzene rings is 1. The average Bonchev–Trinajstić information content (AvgIpc) is 2.36. The van der Waals surface area contributed by atoms with Crippen molar-refractivity contribution in [1.29, 1.82) is 0 Å². The van der Waals surface area contributed by atoms with E-state index >= 15 is 0 Å². The highest BCUT2D eigenvalue weighted by molar-refractivity contribution is 5.76. The molecule has 0 saturated heterocycles. The quantitative estimate of drug-likeness (QED) is 0.847. The molecule has 1 amide bonds. The summed E-state index contributed by atoms with van der Waals surface area (Å²) in [5.41, 5.74) is 0.481. The van der Waals surface area contributed by atoms with Gasteiger partial charge in [0.1, 0.15) is 5.75 Å². The van der Waals surface area contributed by atoms with E-state index in [-0.39, 0.29) is 24.0 Å². The minimum absolute atomic E-state index is 0.0513. The maximum Gasteiger partial charge on any atom is 0.573 e. The molecule has 1 aromatic rings. The van der Waals surface area contributed by atoms with Crippen molar-refractivity contribution in [3.8, 4) is 5.75 Å². The second-order valence-electron chi connectivity index (χ2n) is 5.42. The van der Waals surface area contributed by atoms with Crippen molar-refractivity contribution in [3.05, 3.63) is 29.8 Å². The molecule has 0 saturated carbocycles. The minimum Gasteiger partial charge on any atom is -0.406 e. The summed E-state index contributed by atoms with van der Waals surface area (Å²) < 4.78 is 40.4. The number of nitrogens with one attached hydrogen (secondary N) is 1. The molecule has 0 bridgehead atoms. The van der Waals surface area contributed by atoms with Gasteiger partial charge in [0.15, 0.2) is 0 Å². The molecule has 1 aromatic carbocycles. The van der Waals surface area contributed by atoms with Gasteiger partial charge in [-0.3, -0.25) is 4.79 Å². The molecule has 0 heterocycles. The zero-order chi connectivity index (χ0) is 16.9. The average molecular weight is 319 g/mol. The van der Waals surface area contributed by atoms with Crippen molar-refractivity contribution in [3.63, 3.8) is 0 Å². The molecule has 0 aromatic heterocycles. The number of hydrogen-bond donors (Lipinski definition) is 2. The van der Waals surface area contributed by atoms with Crippen LogP contribution >= 0.6 is 0 Å². The van der Waals surface area contributed by atoms with Gasteiger partial charge in [-0.2, -0.15) is 0 Å². The Morgan fingerprint density at radius 3 is 2.50 bits per heavy atom. The minimum atomic E-state index is -4.76. The van der Waals surface area contributed by atoms with Crippen LogP contribution in [0.2, 0.25) is 0 Å². The normalized spacial score (nSPS) is 14.5. The molecule has 0 unspecified atom stereocenters. The van der Waals surface area contributed by atoms with Crippen LogP contribution in [-0.2, 0) is 4.79 Å². The van der Waals surface area contributed by atoms with Crippen molar-refractivity contribution in [1.82, 2.24) is 5.32 Å². The SMILES string of the molecule is CC(C)[C@@H](O)CC(=O)N[C@@H](C)c1cccc(OC(F)(F)F)c1. The summed E-state index contributed by atoms with van der Waals surface area (Å²) in [6.07, 6.45) is -5.57. The molecular formula is C15H20F3NO3. The predicted molar refractivity (Wildman–Crippen MR) is 75.1 cm³/mol. The van der Waals surface area contributed by atoms with Gasteiger partial charge in [0.2, 0.25) is 5.91 Å². The fraction of sp³-hybridized carbons (Fsp3) is 0.533. The van der Waals surface area contributed by atoms with E-state index in [1.807, 2.05) is 0 Å². The van der Waals surface area contributed by atoms with Crippen molar-refractivity contribution < 1.29 is 27.8 Å². The lowest BCUT2D eigenvalue weighted by atomic mass is 10.0. The number of aliphatic hydroxyl groups excluding tert-OH is 1. The third kappa shape index (κ3) is 6.34. The van der Waals surface area contributed by atoms with Gasteiger partial charge in [-0.05, 0) is 30.5 Å². The molecule has 124 valence electrons. The van der Waals surface area contributed by atoms with Crippen LogP contribution in [0.5, 0.6) is 5.75 Å². The molecular weight excluding hydrogens is 299 g/mol. The van der Waals surface area contributed by atoms with Crippen LogP contribution in [0.25, 0.3) is 0 Å². The summed E-state index contributed by atoms with van der Waals surface area (Å²) in [6.45, 7) is 5.23. The summed E-state index contributed by atoms with van der Waals surface area (Å²) in [4.78, 5) is 11.8. The van der Waals surface area contributed by atoms with Crippen molar-refractivity contribution in [2.45, 2.75) is 45.7 Å². The Morgan fingerprint density at radius 1 is 1.32 bits per heavy atom. The van der Waals surface area contributed by atoms with Crippen molar-refractivity contribution in [2.75, 3.05) is 0 Å². The molecule has 0 radical (unpaired) electrons. The van der Waals surface area contributed by atoms with Crippen LogP contribution in [0.1, 0.15) is 38.8 Å². The first kappa shape index (κ1) is 18.3. The van der Waals surface area contributed by atoms with Crippen LogP contribution in [0.15, 0.2) is 24.3 Å². The van der Waals surface area contributed by atoms with Crippen LogP contribution < -0.4 is 10.1 Å². The fourth-order valence-corrected chi connectivity index (χ4v) is 1.79. The Hall–Kier alpha value is -1.76. The largest absolute Gasteiger partial charge is 0.573 e. The Labute approximate surface area is 127 Å². The van der Waals surface area contributed by atoms with Gasteiger partial charge in [-0.15, -0.1) is 13.2 Å². The molecule has 0 aliphatic rings. The molecule has 0 aliphatic heterocycles. The summed E-state index contributed by atoms with van der Waals surface area (Å²) in [5.74, 6) is -0.756. The maximum atomic E-state index is 12.2. The predicted octanol–water partition coefficient (Wildman–Crippen LogP) is 3.17. The van der Waals surface area contributed by atoms with Crippen LogP contribution in [0.3, 0.4) is 0 Å². The lowest BCUT2D eigenvalue weighted by Gasteiger charge is -2.18. The summed E-state index contributed by atoms with van der Waals surface area (Å²) >= 11 is 0. The van der Waals surface area contributed by atoms with Gasteiger partial charge >= 0.3 is 6.36 Å². The molecule has 4 nitrogen and oxygen atoms in total. The zero-order valence-corrected chi connectivity index (χ0v) is 12.6. The van der Waals surface area contributed by atoms with Crippen molar-refractivity contribution in [2.24, 2.45) is 5.92 Å². The Bertz CT molecular complexity index is 503. The molecule has 2 atom stereocenters. The van der Waals surface area contributed by atoms with Gasteiger partial charge in [-0.25, -0.2) is 0 Å². The Kier molecular flexibility index (Phi) is 6.22. The number of carbonyl (C=O) groups is 1. The molecule has 0 spiro atoms. The smallest absolute Gasteiger partial charge is 0.406 e. The fourth-order valence-electron chi connectivity index (χ4n) is 1.79. The third-order valence-electron chi connectivity index (χ3n) is 3.13. The number of ether oxygens (including phenoxy) is 1. The number of rotatable bonds is 6. The molecule has 1 rings (SSSR count). The zero-order valence-electron chi connectivity index (χ0n) is 12.6. The first-order valence-corrected chi connectivity index (χ1v) is 6.91. The van der Waals surface area contributed by atoms with Crippen molar-refractivity contribution >= 4 is 5.91 Å². The van der Waals surface area contributed by atoms with E-state index in [9.17, 15) is 23.1 Å². The molecule has 7 heteroatoms. The highest BCUT2D eigenvalue weighted by atomic mass is 19.4. The van der Waals surface area contributed by atoms with Crippen LogP contribution in [0, 0.1) is 5.92 Å². The van der Waals surface area contributed by atoms with Gasteiger partial charge in [0, 0.05) is 0 Å². The number of amides is 1. The number of halogens is 3. The van der Waals surface area contributed by atoms with E-state index in [0.29, 0.717) is 5.56 Å². The molecule has 2 N–H and O–H groups in total. The maximum absolute atomic E-state index is 12.2. The van der Waals surface area contributed by atoms with Gasteiger partial charge in [0.25, 0.3) is 0 Å². The second kappa shape index (κ2) is 7.49. The number of alkyl halides is 3. The number of aliphatic hydroxyl groups is 1. The van der Waals surface area contributed by atoms with E-state index in [2.05, 4.69) is 10.1 Å². The molecule has 22 heavy (non-hydrogen) atoms. The monoisotopic (exact) mass is 319 g/mol. The first-order valence-electron chi connectivity index (χ1n) is 6.91. The van der Waals surface area contributed by atoms with E-state index in [1.54, 1.807) is 26.8 Å². The Balaban J connectivity index is 2.67. The van der Waals surface area contributed by atoms with E-state index < -0.39 is 18.5 Å². The van der Waals surface area contributed by atoms with Gasteiger partial charge in [-0.1, -0.05) is 26.0 Å². The molecule has 0 fully saturated rings.